The Bertz CT molecular complexity index is 1150. The van der Waals surface area contributed by atoms with Crippen LogP contribution in [0.15, 0.2) is 29.6 Å². The largest absolute Gasteiger partial charge is 0.302 e. The van der Waals surface area contributed by atoms with Crippen LogP contribution in [0.2, 0.25) is 0 Å². The fraction of sp³-hybridized carbons (Fsp3) is 0.316. The number of carbonyl (C=O) groups is 1. The number of amides is 1. The fourth-order valence-electron chi connectivity index (χ4n) is 2.89. The molecule has 8 nitrogen and oxygen atoms in total. The third-order valence-electron chi connectivity index (χ3n) is 4.77. The van der Waals surface area contributed by atoms with Crippen molar-refractivity contribution in [2.24, 2.45) is 7.05 Å². The van der Waals surface area contributed by atoms with Crippen LogP contribution in [0.1, 0.15) is 17.0 Å². The topological polar surface area (TPSA) is 97.2 Å². The molecule has 0 saturated carbocycles. The summed E-state index contributed by atoms with van der Waals surface area (Å²) in [5, 5.41) is 9.54. The predicted octanol–water partition coefficient (Wildman–Crippen LogP) is 2.74. The van der Waals surface area contributed by atoms with Gasteiger partial charge >= 0.3 is 0 Å². The molecule has 0 atom stereocenters. The van der Waals surface area contributed by atoms with Gasteiger partial charge in [-0.25, -0.2) is 13.4 Å². The van der Waals surface area contributed by atoms with Crippen LogP contribution in [0.5, 0.6) is 0 Å². The van der Waals surface area contributed by atoms with Crippen molar-refractivity contribution in [3.05, 3.63) is 46.6 Å². The minimum atomic E-state index is -3.31. The number of anilines is 2. The average Bonchev–Trinajstić information content (AvgIpc) is 3.20. The lowest BCUT2D eigenvalue weighted by Gasteiger charge is -2.16. The summed E-state index contributed by atoms with van der Waals surface area (Å²) in [5.41, 5.74) is 4.87. The molecule has 29 heavy (non-hydrogen) atoms. The summed E-state index contributed by atoms with van der Waals surface area (Å²) in [6, 6.07) is 7.06. The molecule has 1 N–H and O–H groups in total. The second-order valence-electron chi connectivity index (χ2n) is 6.81. The zero-order valence-electron chi connectivity index (χ0n) is 16.9. The van der Waals surface area contributed by atoms with Crippen molar-refractivity contribution in [1.82, 2.24) is 14.8 Å². The number of hydrogen-bond donors (Lipinski definition) is 1. The van der Waals surface area contributed by atoms with Gasteiger partial charge < -0.3 is 5.32 Å². The third-order valence-corrected chi connectivity index (χ3v) is 6.73. The van der Waals surface area contributed by atoms with Crippen LogP contribution in [-0.4, -0.2) is 42.4 Å². The predicted molar refractivity (Wildman–Crippen MR) is 116 cm³/mol. The minimum absolute atomic E-state index is 0.143. The molecule has 2 aromatic heterocycles. The molecular weight excluding hydrogens is 410 g/mol. The Kier molecular flexibility index (Phi) is 5.76. The molecule has 3 aromatic rings. The Labute approximate surface area is 174 Å². The van der Waals surface area contributed by atoms with Gasteiger partial charge in [0.25, 0.3) is 0 Å². The van der Waals surface area contributed by atoms with Crippen molar-refractivity contribution in [3.63, 3.8) is 0 Å². The molecule has 0 spiro atoms. The summed E-state index contributed by atoms with van der Waals surface area (Å²) in [5.74, 6) is -0.143. The van der Waals surface area contributed by atoms with Gasteiger partial charge in [-0.3, -0.25) is 13.8 Å². The molecule has 0 saturated heterocycles. The summed E-state index contributed by atoms with van der Waals surface area (Å²) in [4.78, 5) is 16.9. The smallest absolute Gasteiger partial charge is 0.231 e. The van der Waals surface area contributed by atoms with E-state index in [1.807, 2.05) is 26.3 Å². The van der Waals surface area contributed by atoms with E-state index >= 15 is 0 Å². The van der Waals surface area contributed by atoms with Gasteiger partial charge in [-0.15, -0.1) is 11.3 Å². The molecular formula is C19H23N5O3S2. The quantitative estimate of drug-likeness (QED) is 0.645. The number of carbonyl (C=O) groups excluding carboxylic acids is 1. The highest BCUT2D eigenvalue weighted by Gasteiger charge is 2.16. The Hall–Kier alpha value is -2.72. The summed E-state index contributed by atoms with van der Waals surface area (Å²) < 4.78 is 26.3. The Balaban J connectivity index is 1.70. The van der Waals surface area contributed by atoms with Gasteiger partial charge in [-0.05, 0) is 26.0 Å². The number of aryl methyl sites for hydroxylation is 2. The van der Waals surface area contributed by atoms with Crippen molar-refractivity contribution >= 4 is 38.1 Å². The highest BCUT2D eigenvalue weighted by Crippen LogP contribution is 2.27. The first kappa shape index (κ1) is 21.0. The van der Waals surface area contributed by atoms with Crippen molar-refractivity contribution in [2.75, 3.05) is 22.9 Å². The van der Waals surface area contributed by atoms with Crippen LogP contribution in [0.4, 0.5) is 10.8 Å². The lowest BCUT2D eigenvalue weighted by atomic mass is 10.1. The molecule has 0 unspecified atom stereocenters. The van der Waals surface area contributed by atoms with Crippen LogP contribution in [0, 0.1) is 13.8 Å². The Morgan fingerprint density at radius 3 is 2.45 bits per heavy atom. The van der Waals surface area contributed by atoms with E-state index in [-0.39, 0.29) is 12.3 Å². The highest BCUT2D eigenvalue weighted by molar-refractivity contribution is 7.92. The third kappa shape index (κ3) is 4.65. The molecule has 1 aromatic carbocycles. The van der Waals surface area contributed by atoms with E-state index < -0.39 is 10.0 Å². The second kappa shape index (κ2) is 7.96. The number of aromatic nitrogens is 3. The monoisotopic (exact) mass is 433 g/mol. The normalized spacial score (nSPS) is 11.5. The maximum Gasteiger partial charge on any atom is 0.231 e. The maximum absolute atomic E-state index is 12.4. The number of benzene rings is 1. The number of hydrogen-bond acceptors (Lipinski definition) is 6. The first-order valence-corrected chi connectivity index (χ1v) is 11.6. The fourth-order valence-corrected chi connectivity index (χ4v) is 4.14. The summed E-state index contributed by atoms with van der Waals surface area (Å²) in [7, 11) is 0.0564. The van der Waals surface area contributed by atoms with Crippen LogP contribution < -0.4 is 9.62 Å². The Morgan fingerprint density at radius 2 is 1.90 bits per heavy atom. The number of nitrogens with one attached hydrogen (secondary N) is 1. The van der Waals surface area contributed by atoms with E-state index in [0.717, 1.165) is 28.8 Å². The van der Waals surface area contributed by atoms with E-state index in [1.54, 1.807) is 28.9 Å². The zero-order chi connectivity index (χ0) is 21.3. The van der Waals surface area contributed by atoms with Crippen LogP contribution >= 0.6 is 11.3 Å². The molecule has 154 valence electrons. The molecule has 3 rings (SSSR count). The first-order chi connectivity index (χ1) is 13.6. The van der Waals surface area contributed by atoms with Crippen LogP contribution in [0.3, 0.4) is 0 Å². The van der Waals surface area contributed by atoms with E-state index in [4.69, 9.17) is 0 Å². The van der Waals surface area contributed by atoms with Gasteiger partial charge in [-0.2, -0.15) is 5.10 Å². The van der Waals surface area contributed by atoms with E-state index in [0.29, 0.717) is 16.5 Å². The number of sulfonamides is 1. The van der Waals surface area contributed by atoms with Gasteiger partial charge in [0.15, 0.2) is 5.13 Å². The SMILES string of the molecule is Cc1nn(C)c(C)c1CC(=O)Nc1nc(-c2ccc(N(C)S(C)(=O)=O)cc2)cs1. The summed E-state index contributed by atoms with van der Waals surface area (Å²) in [6.45, 7) is 3.83. The van der Waals surface area contributed by atoms with Gasteiger partial charge in [0, 0.05) is 36.3 Å². The van der Waals surface area contributed by atoms with Crippen molar-refractivity contribution in [1.29, 1.82) is 0 Å². The minimum Gasteiger partial charge on any atom is -0.302 e. The van der Waals surface area contributed by atoms with E-state index in [2.05, 4.69) is 15.4 Å². The standard InChI is InChI=1S/C19H23N5O3S2/c1-12-16(13(2)23(3)22-12)10-18(25)21-19-20-17(11-28-19)14-6-8-15(9-7-14)24(4)29(5,26)27/h6-9,11H,10H2,1-5H3,(H,20,21,25). The molecule has 2 heterocycles. The van der Waals surface area contributed by atoms with Crippen molar-refractivity contribution < 1.29 is 13.2 Å². The van der Waals surface area contributed by atoms with Gasteiger partial charge in [0.05, 0.1) is 29.8 Å². The lowest BCUT2D eigenvalue weighted by Crippen LogP contribution is -2.24. The van der Waals surface area contributed by atoms with E-state index in [1.165, 1.54) is 22.7 Å². The lowest BCUT2D eigenvalue weighted by molar-refractivity contribution is -0.115. The average molecular weight is 434 g/mol. The molecule has 0 fully saturated rings. The Morgan fingerprint density at radius 1 is 1.24 bits per heavy atom. The van der Waals surface area contributed by atoms with Crippen molar-refractivity contribution in [2.45, 2.75) is 20.3 Å². The highest BCUT2D eigenvalue weighted by atomic mass is 32.2. The van der Waals surface area contributed by atoms with Crippen LogP contribution in [0.25, 0.3) is 11.3 Å². The van der Waals surface area contributed by atoms with Gasteiger partial charge in [0.2, 0.25) is 15.9 Å². The number of rotatable bonds is 6. The maximum atomic E-state index is 12.4. The number of nitrogens with zero attached hydrogens (tertiary/aromatic N) is 4. The molecule has 0 bridgehead atoms. The summed E-state index contributed by atoms with van der Waals surface area (Å²) in [6.07, 6.45) is 1.40. The summed E-state index contributed by atoms with van der Waals surface area (Å²) >= 11 is 1.34. The van der Waals surface area contributed by atoms with Gasteiger partial charge in [-0.1, -0.05) is 12.1 Å². The molecule has 0 aliphatic heterocycles. The van der Waals surface area contributed by atoms with Crippen LogP contribution in [-0.2, 0) is 28.3 Å². The molecule has 10 heteroatoms. The second-order valence-corrected chi connectivity index (χ2v) is 9.69. The molecule has 0 aliphatic rings. The number of thiazole rings is 1. The zero-order valence-corrected chi connectivity index (χ0v) is 18.6. The molecule has 0 aliphatic carbocycles. The molecule has 0 radical (unpaired) electrons. The van der Waals surface area contributed by atoms with Crippen molar-refractivity contribution in [3.8, 4) is 11.3 Å². The first-order valence-electron chi connectivity index (χ1n) is 8.85. The van der Waals surface area contributed by atoms with Gasteiger partial charge in [0.1, 0.15) is 0 Å². The van der Waals surface area contributed by atoms with E-state index in [9.17, 15) is 13.2 Å². The molecule has 1 amide bonds.